The molecule has 1 aromatic heterocycles. The highest BCUT2D eigenvalue weighted by atomic mass is 79.9. The Kier molecular flexibility index (Phi) is 4.38. The summed E-state index contributed by atoms with van der Waals surface area (Å²) >= 11 is 3.45. The van der Waals surface area contributed by atoms with Crippen molar-refractivity contribution in [2.75, 3.05) is 13.7 Å². The van der Waals surface area contributed by atoms with Crippen LogP contribution in [0.1, 0.15) is 11.1 Å². The van der Waals surface area contributed by atoms with E-state index in [9.17, 15) is 0 Å². The third-order valence-corrected chi connectivity index (χ3v) is 3.15. The van der Waals surface area contributed by atoms with Crippen molar-refractivity contribution >= 4 is 15.9 Å². The van der Waals surface area contributed by atoms with Crippen LogP contribution in [0.15, 0.2) is 34.9 Å². The molecule has 5 heteroatoms. The van der Waals surface area contributed by atoms with Crippen LogP contribution in [0, 0.1) is 0 Å². The number of hydrogen-bond donors (Lipinski definition) is 1. The third kappa shape index (κ3) is 2.91. The second-order valence-corrected chi connectivity index (χ2v) is 4.86. The van der Waals surface area contributed by atoms with E-state index in [1.807, 2.05) is 24.3 Å². The molecule has 1 aromatic carbocycles. The first kappa shape index (κ1) is 13.1. The van der Waals surface area contributed by atoms with E-state index in [0.29, 0.717) is 18.8 Å². The van der Waals surface area contributed by atoms with Crippen molar-refractivity contribution < 1.29 is 9.84 Å². The lowest BCUT2D eigenvalue weighted by molar-refractivity contribution is 0.295. The van der Waals surface area contributed by atoms with E-state index < -0.39 is 0 Å². The topological polar surface area (TPSA) is 47.3 Å². The van der Waals surface area contributed by atoms with Gasteiger partial charge in [-0.25, -0.2) is 4.68 Å². The van der Waals surface area contributed by atoms with Crippen LogP contribution in [0.25, 0.3) is 0 Å². The number of hydrogen-bond acceptors (Lipinski definition) is 3. The Labute approximate surface area is 114 Å². The molecule has 0 aliphatic heterocycles. The summed E-state index contributed by atoms with van der Waals surface area (Å²) in [6, 6.07) is 8.06. The summed E-state index contributed by atoms with van der Waals surface area (Å²) in [7, 11) is 1.62. The predicted molar refractivity (Wildman–Crippen MR) is 72.8 cm³/mol. The molecule has 0 fully saturated rings. The van der Waals surface area contributed by atoms with Gasteiger partial charge in [0.15, 0.2) is 0 Å². The van der Waals surface area contributed by atoms with Crippen LogP contribution in [0.4, 0.5) is 0 Å². The maximum atomic E-state index is 8.98. The van der Waals surface area contributed by atoms with Crippen LogP contribution >= 0.6 is 15.9 Å². The highest BCUT2D eigenvalue weighted by molar-refractivity contribution is 9.10. The molecule has 0 unspecified atom stereocenters. The Morgan fingerprint density at radius 3 is 2.94 bits per heavy atom. The minimum Gasteiger partial charge on any atom is -0.481 e. The molecule has 0 saturated carbocycles. The van der Waals surface area contributed by atoms with E-state index in [1.165, 1.54) is 0 Å². The number of ether oxygens (including phenoxy) is 1. The second kappa shape index (κ2) is 6.02. The fraction of sp³-hybridized carbons (Fsp3) is 0.308. The van der Waals surface area contributed by atoms with E-state index in [0.717, 1.165) is 15.6 Å². The summed E-state index contributed by atoms with van der Waals surface area (Å²) in [5, 5.41) is 13.3. The van der Waals surface area contributed by atoms with Crippen molar-refractivity contribution in [3.63, 3.8) is 0 Å². The van der Waals surface area contributed by atoms with Crippen LogP contribution in [0.3, 0.4) is 0 Å². The summed E-state index contributed by atoms with van der Waals surface area (Å²) < 4.78 is 8.19. The van der Waals surface area contributed by atoms with Gasteiger partial charge in [-0.05, 0) is 17.7 Å². The van der Waals surface area contributed by atoms with Crippen molar-refractivity contribution in [2.45, 2.75) is 13.0 Å². The minimum absolute atomic E-state index is 0.0962. The highest BCUT2D eigenvalue weighted by Crippen LogP contribution is 2.20. The number of nitrogens with zero attached hydrogens (tertiary/aromatic N) is 2. The summed E-state index contributed by atoms with van der Waals surface area (Å²) in [4.78, 5) is 0. The molecule has 0 amide bonds. The number of aliphatic hydroxyl groups is 1. The fourth-order valence-electron chi connectivity index (χ4n) is 1.86. The first-order valence-electron chi connectivity index (χ1n) is 5.68. The first-order valence-corrected chi connectivity index (χ1v) is 6.48. The smallest absolute Gasteiger partial charge is 0.215 e. The Morgan fingerprint density at radius 2 is 2.28 bits per heavy atom. The Hall–Kier alpha value is -1.33. The molecule has 0 saturated heterocycles. The molecular weight excluding hydrogens is 296 g/mol. The summed E-state index contributed by atoms with van der Waals surface area (Å²) in [6.45, 7) is 0.743. The zero-order chi connectivity index (χ0) is 13.0. The molecule has 0 atom stereocenters. The third-order valence-electron chi connectivity index (χ3n) is 2.66. The van der Waals surface area contributed by atoms with E-state index in [2.05, 4.69) is 21.0 Å². The molecule has 4 nitrogen and oxygen atoms in total. The van der Waals surface area contributed by atoms with Crippen molar-refractivity contribution in [1.82, 2.24) is 9.78 Å². The molecule has 1 N–H and O–H groups in total. The summed E-state index contributed by atoms with van der Waals surface area (Å²) in [5.74, 6) is 0.712. The van der Waals surface area contributed by atoms with E-state index in [-0.39, 0.29) is 6.61 Å². The van der Waals surface area contributed by atoms with Gasteiger partial charge in [0.2, 0.25) is 5.88 Å². The van der Waals surface area contributed by atoms with Gasteiger partial charge < -0.3 is 9.84 Å². The van der Waals surface area contributed by atoms with Gasteiger partial charge in [0, 0.05) is 23.1 Å². The molecule has 18 heavy (non-hydrogen) atoms. The molecule has 0 spiro atoms. The van der Waals surface area contributed by atoms with Gasteiger partial charge in [-0.2, -0.15) is 5.10 Å². The van der Waals surface area contributed by atoms with Crippen LogP contribution in [0.5, 0.6) is 5.88 Å². The van der Waals surface area contributed by atoms with Crippen LogP contribution in [-0.4, -0.2) is 28.6 Å². The lowest BCUT2D eigenvalue weighted by atomic mass is 10.2. The summed E-state index contributed by atoms with van der Waals surface area (Å²) in [5.41, 5.74) is 2.07. The van der Waals surface area contributed by atoms with Gasteiger partial charge in [-0.3, -0.25) is 0 Å². The highest BCUT2D eigenvalue weighted by Gasteiger charge is 2.11. The van der Waals surface area contributed by atoms with Gasteiger partial charge >= 0.3 is 0 Å². The summed E-state index contributed by atoms with van der Waals surface area (Å²) in [6.07, 6.45) is 2.30. The van der Waals surface area contributed by atoms with Crippen LogP contribution < -0.4 is 4.74 Å². The largest absolute Gasteiger partial charge is 0.481 e. The van der Waals surface area contributed by atoms with Gasteiger partial charge in [0.05, 0.1) is 19.9 Å². The number of benzene rings is 1. The zero-order valence-corrected chi connectivity index (χ0v) is 11.7. The van der Waals surface area contributed by atoms with Crippen LogP contribution in [0.2, 0.25) is 0 Å². The number of aromatic nitrogens is 2. The molecule has 0 radical (unpaired) electrons. The molecule has 96 valence electrons. The fourth-order valence-corrected chi connectivity index (χ4v) is 2.31. The van der Waals surface area contributed by atoms with Gasteiger partial charge in [0.1, 0.15) is 0 Å². The van der Waals surface area contributed by atoms with Crippen molar-refractivity contribution in [2.24, 2.45) is 0 Å². The minimum atomic E-state index is 0.0962. The maximum Gasteiger partial charge on any atom is 0.215 e. The normalized spacial score (nSPS) is 10.6. The molecular formula is C13H15BrN2O2. The molecule has 1 heterocycles. The first-order chi connectivity index (χ1) is 8.74. The van der Waals surface area contributed by atoms with E-state index in [1.54, 1.807) is 18.0 Å². The lowest BCUT2D eigenvalue weighted by Gasteiger charge is -2.08. The SMILES string of the molecule is COc1c(CCO)cnn1Cc1cccc(Br)c1. The average molecular weight is 311 g/mol. The maximum absolute atomic E-state index is 8.98. The lowest BCUT2D eigenvalue weighted by Crippen LogP contribution is -2.05. The van der Waals surface area contributed by atoms with Gasteiger partial charge in [-0.15, -0.1) is 0 Å². The Morgan fingerprint density at radius 1 is 1.44 bits per heavy atom. The second-order valence-electron chi connectivity index (χ2n) is 3.94. The zero-order valence-electron chi connectivity index (χ0n) is 10.1. The Balaban J connectivity index is 2.23. The van der Waals surface area contributed by atoms with Gasteiger partial charge in [0.25, 0.3) is 0 Å². The van der Waals surface area contributed by atoms with E-state index in [4.69, 9.17) is 9.84 Å². The molecule has 0 bridgehead atoms. The van der Waals surface area contributed by atoms with Crippen molar-refractivity contribution in [1.29, 1.82) is 0 Å². The molecule has 0 aliphatic rings. The molecule has 2 rings (SSSR count). The number of halogens is 1. The monoisotopic (exact) mass is 310 g/mol. The molecule has 2 aromatic rings. The van der Waals surface area contributed by atoms with Crippen molar-refractivity contribution in [3.05, 3.63) is 46.1 Å². The van der Waals surface area contributed by atoms with Crippen LogP contribution in [-0.2, 0) is 13.0 Å². The Bertz CT molecular complexity index is 525. The average Bonchev–Trinajstić information content (AvgIpc) is 2.72. The molecule has 0 aliphatic carbocycles. The quantitative estimate of drug-likeness (QED) is 0.921. The number of methoxy groups -OCH3 is 1. The van der Waals surface area contributed by atoms with Gasteiger partial charge in [-0.1, -0.05) is 28.1 Å². The van der Waals surface area contributed by atoms with E-state index >= 15 is 0 Å². The standard InChI is InChI=1S/C13H15BrN2O2/c1-18-13-11(5-6-17)8-15-16(13)9-10-3-2-4-12(14)7-10/h2-4,7-8,17H,5-6,9H2,1H3. The van der Waals surface area contributed by atoms with Crippen molar-refractivity contribution in [3.8, 4) is 5.88 Å². The predicted octanol–water partition coefficient (Wildman–Crippen LogP) is 2.24. The number of rotatable bonds is 5. The number of aliphatic hydroxyl groups excluding tert-OH is 1.